The molecule has 1 heterocycles. The lowest BCUT2D eigenvalue weighted by atomic mass is 10.2. The Morgan fingerprint density at radius 2 is 0.865 bits per heavy atom. The molecule has 0 spiro atoms. The first kappa shape index (κ1) is 34.2. The van der Waals surface area contributed by atoms with Crippen molar-refractivity contribution in [2.75, 3.05) is 22.9 Å². The van der Waals surface area contributed by atoms with Crippen molar-refractivity contribution >= 4 is 47.5 Å². The topological polar surface area (TPSA) is 197 Å². The van der Waals surface area contributed by atoms with Crippen LogP contribution in [0.15, 0.2) is 147 Å². The summed E-state index contributed by atoms with van der Waals surface area (Å²) in [5, 5.41) is 0. The van der Waals surface area contributed by atoms with E-state index in [1.807, 2.05) is 18.2 Å². The normalized spacial score (nSPS) is 15.2. The van der Waals surface area contributed by atoms with Crippen molar-refractivity contribution in [3.63, 3.8) is 0 Å². The maximum Gasteiger partial charge on any atom is 0.460 e. The Hall–Kier alpha value is -6.25. The highest BCUT2D eigenvalue weighted by Gasteiger charge is 2.34. The number of nitrogens with zero attached hydrogens (tertiary/aromatic N) is 3. The van der Waals surface area contributed by atoms with Crippen molar-refractivity contribution in [3.05, 3.63) is 133 Å². The van der Waals surface area contributed by atoms with Gasteiger partial charge in [-0.15, -0.1) is 9.03 Å². The number of benzene rings is 6. The molecule has 0 bridgehead atoms. The monoisotopic (exact) mass is 749 g/mol. The fourth-order valence-corrected chi connectivity index (χ4v) is 8.52. The molecule has 0 saturated carbocycles. The number of anilines is 4. The first-order valence-corrected chi connectivity index (χ1v) is 18.7. The maximum atomic E-state index is 6.75. The minimum absolute atomic E-state index is 0.0105. The van der Waals surface area contributed by atoms with Crippen LogP contribution in [-0.4, -0.2) is 0 Å². The van der Waals surface area contributed by atoms with Gasteiger partial charge in [0.1, 0.15) is 5.75 Å². The maximum absolute atomic E-state index is 6.75. The quantitative estimate of drug-likeness (QED) is 0.0690. The van der Waals surface area contributed by atoms with Crippen molar-refractivity contribution in [1.29, 1.82) is 0 Å². The molecule has 0 fully saturated rings. The SMILES string of the molecule is Nc1ccccc1Oc1cc(OP2(Oc3ccccc3)=NP=NP=N2)c(Oc2ccccc2N)c(Oc2ccccc2N)c1Oc1ccccc1N. The van der Waals surface area contributed by atoms with E-state index in [4.69, 9.17) is 50.9 Å². The van der Waals surface area contributed by atoms with Crippen LogP contribution in [0.1, 0.15) is 0 Å². The Bertz CT molecular complexity index is 2360. The molecule has 1 unspecified atom stereocenters. The summed E-state index contributed by atoms with van der Waals surface area (Å²) < 4.78 is 52.9. The zero-order valence-electron chi connectivity index (χ0n) is 27.1. The molecule has 1 aliphatic rings. The molecular weight excluding hydrogens is 719 g/mol. The van der Waals surface area contributed by atoms with Crippen molar-refractivity contribution < 1.29 is 28.0 Å². The minimum atomic E-state index is -3.49. The lowest BCUT2D eigenvalue weighted by Gasteiger charge is -2.25. The van der Waals surface area contributed by atoms with Crippen LogP contribution in [-0.2, 0) is 0 Å². The summed E-state index contributed by atoms with van der Waals surface area (Å²) >= 11 is 0. The zero-order valence-corrected chi connectivity index (χ0v) is 29.8. The number of nitrogens with two attached hydrogens (primary N) is 4. The van der Waals surface area contributed by atoms with E-state index in [9.17, 15) is 0 Å². The Morgan fingerprint density at radius 3 is 1.35 bits per heavy atom. The number of hydrogen-bond donors (Lipinski definition) is 4. The fraction of sp³-hybridized carbons (Fsp3) is 0. The van der Waals surface area contributed by atoms with Crippen molar-refractivity contribution in [2.24, 2.45) is 13.5 Å². The van der Waals surface area contributed by atoms with E-state index in [0.717, 1.165) is 0 Å². The van der Waals surface area contributed by atoms with Gasteiger partial charge in [0, 0.05) is 6.07 Å². The lowest BCUT2D eigenvalue weighted by molar-refractivity contribution is 0.357. The number of hydrogen-bond acceptors (Lipinski definition) is 13. The highest BCUT2D eigenvalue weighted by molar-refractivity contribution is 7.65. The van der Waals surface area contributed by atoms with Gasteiger partial charge in [-0.05, 0) is 60.7 Å². The molecule has 8 N–H and O–H groups in total. The van der Waals surface area contributed by atoms with E-state index in [2.05, 4.69) is 13.5 Å². The van der Waals surface area contributed by atoms with Crippen LogP contribution in [0.25, 0.3) is 0 Å². The Labute approximate surface area is 302 Å². The summed E-state index contributed by atoms with van der Waals surface area (Å²) in [6, 6.07) is 38.5. The summed E-state index contributed by atoms with van der Waals surface area (Å²) in [6.07, 6.45) is 0. The summed E-state index contributed by atoms with van der Waals surface area (Å²) in [6.45, 7) is 0. The molecule has 1 atom stereocenters. The second kappa shape index (κ2) is 15.3. The van der Waals surface area contributed by atoms with Gasteiger partial charge in [-0.3, -0.25) is 0 Å². The Kier molecular flexibility index (Phi) is 10.1. The summed E-state index contributed by atoms with van der Waals surface area (Å²) in [7, 11) is -2.77. The molecule has 0 amide bonds. The van der Waals surface area contributed by atoms with Gasteiger partial charge in [0.2, 0.25) is 17.2 Å². The third-order valence-electron chi connectivity index (χ3n) is 7.23. The van der Waals surface area contributed by atoms with Gasteiger partial charge >= 0.3 is 7.66 Å². The van der Waals surface area contributed by atoms with Crippen LogP contribution >= 0.6 is 24.7 Å². The van der Waals surface area contributed by atoms with E-state index in [1.165, 1.54) is 0 Å². The van der Waals surface area contributed by atoms with E-state index in [-0.39, 0.29) is 40.2 Å². The van der Waals surface area contributed by atoms with Gasteiger partial charge in [-0.25, -0.2) is 0 Å². The molecule has 6 aromatic carbocycles. The van der Waals surface area contributed by atoms with E-state index in [1.54, 1.807) is 115 Å². The first-order valence-electron chi connectivity index (χ1n) is 15.6. The molecule has 0 aliphatic carbocycles. The second-order valence-electron chi connectivity index (χ2n) is 10.9. The number of para-hydroxylation sites is 9. The zero-order chi connectivity index (χ0) is 35.9. The third kappa shape index (κ3) is 7.72. The molecule has 0 saturated heterocycles. The average molecular weight is 750 g/mol. The Morgan fingerprint density at radius 1 is 0.423 bits per heavy atom. The predicted molar refractivity (Wildman–Crippen MR) is 206 cm³/mol. The number of rotatable bonds is 12. The number of ether oxygens (including phenoxy) is 4. The van der Waals surface area contributed by atoms with Gasteiger partial charge in [-0.1, -0.05) is 66.7 Å². The van der Waals surface area contributed by atoms with Crippen LogP contribution < -0.4 is 50.9 Å². The highest BCUT2D eigenvalue weighted by Crippen LogP contribution is 2.64. The van der Waals surface area contributed by atoms with Crippen LogP contribution in [0.4, 0.5) is 22.7 Å². The molecule has 7 rings (SSSR count). The minimum Gasteiger partial charge on any atom is -0.451 e. The van der Waals surface area contributed by atoms with Crippen LogP contribution in [0.3, 0.4) is 0 Å². The molecule has 16 heteroatoms. The second-order valence-corrected chi connectivity index (χ2v) is 14.7. The van der Waals surface area contributed by atoms with Crippen molar-refractivity contribution in [3.8, 4) is 57.5 Å². The molecule has 6 aromatic rings. The third-order valence-corrected chi connectivity index (χ3v) is 11.2. The van der Waals surface area contributed by atoms with Crippen molar-refractivity contribution in [2.45, 2.75) is 0 Å². The van der Waals surface area contributed by atoms with E-state index in [0.29, 0.717) is 57.0 Å². The van der Waals surface area contributed by atoms with Crippen LogP contribution in [0, 0.1) is 0 Å². The molecule has 52 heavy (non-hydrogen) atoms. The van der Waals surface area contributed by atoms with Crippen LogP contribution in [0.2, 0.25) is 0 Å². The lowest BCUT2D eigenvalue weighted by Crippen LogP contribution is -2.05. The summed E-state index contributed by atoms with van der Waals surface area (Å²) in [5.74, 6) is 1.84. The molecule has 0 aromatic heterocycles. The fourth-order valence-electron chi connectivity index (χ4n) is 4.76. The van der Waals surface area contributed by atoms with E-state index < -0.39 is 7.66 Å². The molecule has 0 radical (unpaired) electrons. The molecule has 260 valence electrons. The highest BCUT2D eigenvalue weighted by atomic mass is 31.2. The Balaban J connectivity index is 1.52. The van der Waals surface area contributed by atoms with Gasteiger partial charge in [0.15, 0.2) is 51.5 Å². The van der Waals surface area contributed by atoms with Gasteiger partial charge in [0.05, 0.1) is 22.7 Å². The summed E-state index contributed by atoms with van der Waals surface area (Å²) in [4.78, 5) is 0. The predicted octanol–water partition coefficient (Wildman–Crippen LogP) is 11.7. The number of nitrogen functional groups attached to an aromatic ring is 4. The largest absolute Gasteiger partial charge is 0.460 e. The standard InChI is InChI=1S/C36H30N7O6P3/c37-24-14-4-8-18-28(24)44-32-22-33(49-52(42-50-41-51-43-52)48-23-12-2-1-3-13-23)35(46-30-20-10-6-16-26(30)39)36(47-31-21-11-7-17-27(31)40)34(32)45-29-19-9-5-15-25(29)38/h1-22H,37-40H2. The van der Waals surface area contributed by atoms with Gasteiger partial charge < -0.3 is 50.9 Å². The van der Waals surface area contributed by atoms with Gasteiger partial charge in [0.25, 0.3) is 0 Å². The smallest absolute Gasteiger partial charge is 0.451 e. The molecule has 13 nitrogen and oxygen atoms in total. The molecular formula is C36H30N7O6P3. The van der Waals surface area contributed by atoms with E-state index >= 15 is 0 Å². The summed E-state index contributed by atoms with van der Waals surface area (Å²) in [5.41, 5.74) is 26.9. The van der Waals surface area contributed by atoms with Crippen LogP contribution in [0.5, 0.6) is 57.5 Å². The van der Waals surface area contributed by atoms with Gasteiger partial charge in [-0.2, -0.15) is 4.52 Å². The van der Waals surface area contributed by atoms with Crippen molar-refractivity contribution in [1.82, 2.24) is 0 Å². The molecule has 1 aliphatic heterocycles. The average Bonchev–Trinajstić information content (AvgIpc) is 3.15. The first-order chi connectivity index (χ1) is 25.4.